The van der Waals surface area contributed by atoms with Crippen LogP contribution in [-0.4, -0.2) is 29.1 Å². The van der Waals surface area contributed by atoms with Gasteiger partial charge in [0.25, 0.3) is 0 Å². The first-order valence-corrected chi connectivity index (χ1v) is 5.15. The van der Waals surface area contributed by atoms with Gasteiger partial charge >= 0.3 is 0 Å². The largest absolute Gasteiger partial charge is 0.309 e. The first-order chi connectivity index (χ1) is 6.01. The van der Waals surface area contributed by atoms with Crippen molar-refractivity contribution in [3.63, 3.8) is 0 Å². The van der Waals surface area contributed by atoms with Gasteiger partial charge in [-0.2, -0.15) is 0 Å². The molecule has 13 heavy (non-hydrogen) atoms. The molecule has 1 aliphatic carbocycles. The van der Waals surface area contributed by atoms with E-state index in [4.69, 9.17) is 6.57 Å². The van der Waals surface area contributed by atoms with E-state index in [1.165, 1.54) is 0 Å². The molecular formula is C11H20N2. The minimum Gasteiger partial charge on any atom is -0.309 e. The number of hydrogen-bond donors (Lipinski definition) is 0. The van der Waals surface area contributed by atoms with Crippen molar-refractivity contribution in [3.05, 3.63) is 11.4 Å². The summed E-state index contributed by atoms with van der Waals surface area (Å²) in [5, 5.41) is 0. The third-order valence-corrected chi connectivity index (χ3v) is 2.87. The second-order valence-electron chi connectivity index (χ2n) is 4.70. The Kier molecular flexibility index (Phi) is 2.98. The molecule has 1 aliphatic rings. The third kappa shape index (κ3) is 2.45. The van der Waals surface area contributed by atoms with E-state index >= 15 is 0 Å². The van der Waals surface area contributed by atoms with Crippen LogP contribution in [0.1, 0.15) is 40.5 Å². The maximum Gasteiger partial charge on any atom is 0.245 e. The molecule has 0 bridgehead atoms. The van der Waals surface area contributed by atoms with Crippen molar-refractivity contribution in [1.29, 1.82) is 0 Å². The van der Waals surface area contributed by atoms with Gasteiger partial charge in [0.2, 0.25) is 5.54 Å². The minimum atomic E-state index is -0.00542. The average Bonchev–Trinajstić information content (AvgIpc) is 2.80. The Morgan fingerprint density at radius 3 is 1.92 bits per heavy atom. The minimum absolute atomic E-state index is 0.00542. The van der Waals surface area contributed by atoms with Crippen LogP contribution >= 0.6 is 0 Å². The van der Waals surface area contributed by atoms with Crippen LogP contribution in [0.15, 0.2) is 0 Å². The van der Waals surface area contributed by atoms with Crippen molar-refractivity contribution >= 4 is 0 Å². The number of rotatable bonds is 4. The first kappa shape index (κ1) is 10.5. The molecule has 0 atom stereocenters. The van der Waals surface area contributed by atoms with Gasteiger partial charge in [0.15, 0.2) is 0 Å². The van der Waals surface area contributed by atoms with Crippen molar-refractivity contribution in [2.24, 2.45) is 0 Å². The third-order valence-electron chi connectivity index (χ3n) is 2.87. The number of hydrogen-bond acceptors (Lipinski definition) is 1. The van der Waals surface area contributed by atoms with Crippen LogP contribution < -0.4 is 0 Å². The average molecular weight is 180 g/mol. The van der Waals surface area contributed by atoms with Crippen LogP contribution in [0.3, 0.4) is 0 Å². The molecule has 0 aromatic heterocycles. The van der Waals surface area contributed by atoms with Gasteiger partial charge in [0, 0.05) is 24.9 Å². The molecule has 2 heteroatoms. The Morgan fingerprint density at radius 1 is 1.23 bits per heavy atom. The maximum absolute atomic E-state index is 7.14. The highest BCUT2D eigenvalue weighted by Crippen LogP contribution is 2.41. The molecule has 0 amide bonds. The van der Waals surface area contributed by atoms with Crippen molar-refractivity contribution in [3.8, 4) is 0 Å². The lowest BCUT2D eigenvalue weighted by Crippen LogP contribution is -2.42. The highest BCUT2D eigenvalue weighted by molar-refractivity contribution is 5.13. The van der Waals surface area contributed by atoms with E-state index in [1.54, 1.807) is 0 Å². The molecule has 0 aromatic rings. The van der Waals surface area contributed by atoms with Gasteiger partial charge in [-0.3, -0.25) is 4.90 Å². The van der Waals surface area contributed by atoms with E-state index in [0.29, 0.717) is 12.1 Å². The maximum atomic E-state index is 7.14. The molecule has 0 heterocycles. The van der Waals surface area contributed by atoms with E-state index in [-0.39, 0.29) is 5.54 Å². The summed E-state index contributed by atoms with van der Waals surface area (Å²) in [6.45, 7) is 16.9. The van der Waals surface area contributed by atoms with Gasteiger partial charge in [-0.15, -0.1) is 0 Å². The Balaban J connectivity index is 2.54. The summed E-state index contributed by atoms with van der Waals surface area (Å²) < 4.78 is 0. The highest BCUT2D eigenvalue weighted by atomic mass is 15.2. The van der Waals surface area contributed by atoms with Crippen LogP contribution in [0.5, 0.6) is 0 Å². The van der Waals surface area contributed by atoms with E-state index < -0.39 is 0 Å². The lowest BCUT2D eigenvalue weighted by molar-refractivity contribution is 0.166. The Labute approximate surface area is 81.7 Å². The molecule has 0 spiro atoms. The SMILES string of the molecule is [C-]#[N+]C1(CN(C(C)C)C(C)C)CC1. The normalized spacial score (nSPS) is 19.5. The molecule has 0 aromatic carbocycles. The van der Waals surface area contributed by atoms with Gasteiger partial charge in [-0.1, -0.05) is 0 Å². The quantitative estimate of drug-likeness (QED) is 0.603. The summed E-state index contributed by atoms with van der Waals surface area (Å²) in [5.41, 5.74) is -0.00542. The smallest absolute Gasteiger partial charge is 0.245 e. The van der Waals surface area contributed by atoms with E-state index in [0.717, 1.165) is 19.4 Å². The summed E-state index contributed by atoms with van der Waals surface area (Å²) in [7, 11) is 0. The molecule has 1 fully saturated rings. The molecule has 2 nitrogen and oxygen atoms in total. The fourth-order valence-electron chi connectivity index (χ4n) is 1.75. The van der Waals surface area contributed by atoms with Gasteiger partial charge in [-0.25, -0.2) is 6.57 Å². The Morgan fingerprint density at radius 2 is 1.69 bits per heavy atom. The lowest BCUT2D eigenvalue weighted by Gasteiger charge is -2.30. The van der Waals surface area contributed by atoms with Crippen molar-refractivity contribution < 1.29 is 0 Å². The van der Waals surface area contributed by atoms with Gasteiger partial charge in [0.1, 0.15) is 0 Å². The molecule has 1 saturated carbocycles. The molecule has 0 saturated heterocycles. The fourth-order valence-corrected chi connectivity index (χ4v) is 1.75. The van der Waals surface area contributed by atoms with E-state index in [9.17, 15) is 0 Å². The molecule has 0 radical (unpaired) electrons. The zero-order valence-corrected chi connectivity index (χ0v) is 9.17. The molecule has 1 rings (SSSR count). The van der Waals surface area contributed by atoms with E-state index in [1.807, 2.05) is 0 Å². The number of nitrogens with zero attached hydrogens (tertiary/aromatic N) is 2. The van der Waals surface area contributed by atoms with E-state index in [2.05, 4.69) is 37.4 Å². The van der Waals surface area contributed by atoms with Crippen LogP contribution in [-0.2, 0) is 0 Å². The zero-order chi connectivity index (χ0) is 10.1. The summed E-state index contributed by atoms with van der Waals surface area (Å²) in [6, 6.07) is 1.11. The van der Waals surface area contributed by atoms with Gasteiger partial charge in [-0.05, 0) is 27.7 Å². The van der Waals surface area contributed by atoms with Crippen LogP contribution in [0, 0.1) is 6.57 Å². The highest BCUT2D eigenvalue weighted by Gasteiger charge is 2.52. The zero-order valence-electron chi connectivity index (χ0n) is 9.17. The summed E-state index contributed by atoms with van der Waals surface area (Å²) in [6.07, 6.45) is 2.21. The molecule has 0 aliphatic heterocycles. The van der Waals surface area contributed by atoms with Crippen molar-refractivity contribution in [2.45, 2.75) is 58.2 Å². The monoisotopic (exact) mass is 180 g/mol. The molecule has 0 N–H and O–H groups in total. The molecule has 74 valence electrons. The Hall–Kier alpha value is -0.550. The summed E-state index contributed by atoms with van der Waals surface area (Å²) in [4.78, 5) is 6.17. The summed E-state index contributed by atoms with van der Waals surface area (Å²) in [5.74, 6) is 0. The second kappa shape index (κ2) is 3.67. The standard InChI is InChI=1S/C11H20N2/c1-9(2)13(10(3)4)8-11(12-5)6-7-11/h9-10H,6-8H2,1-4H3. The second-order valence-corrected chi connectivity index (χ2v) is 4.70. The van der Waals surface area contributed by atoms with Crippen LogP contribution in [0.25, 0.3) is 4.85 Å². The molecule has 0 unspecified atom stereocenters. The van der Waals surface area contributed by atoms with Crippen LogP contribution in [0.4, 0.5) is 0 Å². The predicted molar refractivity (Wildman–Crippen MR) is 55.5 cm³/mol. The molecular weight excluding hydrogens is 160 g/mol. The van der Waals surface area contributed by atoms with Crippen molar-refractivity contribution in [2.75, 3.05) is 6.54 Å². The predicted octanol–water partition coefficient (Wildman–Crippen LogP) is 2.56. The topological polar surface area (TPSA) is 7.60 Å². The lowest BCUT2D eigenvalue weighted by atomic mass is 10.1. The van der Waals surface area contributed by atoms with Crippen LogP contribution in [0.2, 0.25) is 0 Å². The fraction of sp³-hybridized carbons (Fsp3) is 0.909. The van der Waals surface area contributed by atoms with Gasteiger partial charge < -0.3 is 4.85 Å². The summed E-state index contributed by atoms with van der Waals surface area (Å²) >= 11 is 0. The van der Waals surface area contributed by atoms with Crippen molar-refractivity contribution in [1.82, 2.24) is 4.90 Å². The first-order valence-electron chi connectivity index (χ1n) is 5.15. The Bertz CT molecular complexity index is 201. The van der Waals surface area contributed by atoms with Gasteiger partial charge in [0.05, 0.1) is 6.54 Å².